The normalized spacial score (nSPS) is 11.8. The summed E-state index contributed by atoms with van der Waals surface area (Å²) in [7, 11) is 0. The summed E-state index contributed by atoms with van der Waals surface area (Å²) in [6, 6.07) is 8.83. The van der Waals surface area contributed by atoms with Crippen LogP contribution in [0.3, 0.4) is 0 Å². The highest BCUT2D eigenvalue weighted by molar-refractivity contribution is 6.30. The molecule has 6 nitrogen and oxygen atoms in total. The van der Waals surface area contributed by atoms with E-state index in [0.29, 0.717) is 5.02 Å². The van der Waals surface area contributed by atoms with E-state index in [-0.39, 0.29) is 18.1 Å². The van der Waals surface area contributed by atoms with Gasteiger partial charge in [-0.15, -0.1) is 0 Å². The van der Waals surface area contributed by atoms with Gasteiger partial charge in [0.25, 0.3) is 0 Å². The van der Waals surface area contributed by atoms with Crippen LogP contribution in [0.15, 0.2) is 30.3 Å². The lowest BCUT2D eigenvalue weighted by Crippen LogP contribution is -2.31. The quantitative estimate of drug-likeness (QED) is 0.852. The molecule has 7 heteroatoms. The van der Waals surface area contributed by atoms with Crippen molar-refractivity contribution < 1.29 is 14.3 Å². The fourth-order valence-corrected chi connectivity index (χ4v) is 2.20. The van der Waals surface area contributed by atoms with Crippen molar-refractivity contribution in [2.75, 3.05) is 6.54 Å². The van der Waals surface area contributed by atoms with Gasteiger partial charge in [0.1, 0.15) is 6.10 Å². The van der Waals surface area contributed by atoms with Gasteiger partial charge in [0.2, 0.25) is 5.91 Å². The Balaban J connectivity index is 2.11. The summed E-state index contributed by atoms with van der Waals surface area (Å²) >= 11 is 5.98. The number of amides is 1. The van der Waals surface area contributed by atoms with Gasteiger partial charge in [-0.1, -0.05) is 17.7 Å². The number of aryl methyl sites for hydroxylation is 1. The zero-order valence-electron chi connectivity index (χ0n) is 13.2. The van der Waals surface area contributed by atoms with Crippen LogP contribution in [0.5, 0.6) is 0 Å². The molecule has 0 saturated carbocycles. The number of ether oxygens (including phenoxy) is 1. The molecule has 1 amide bonds. The molecule has 0 saturated heterocycles. The number of carbonyl (C=O) groups is 2. The summed E-state index contributed by atoms with van der Waals surface area (Å²) in [5, 5.41) is 7.45. The first-order valence-electron chi connectivity index (χ1n) is 7.15. The molecule has 0 aliphatic carbocycles. The number of halogens is 1. The zero-order chi connectivity index (χ0) is 17.0. The van der Waals surface area contributed by atoms with Crippen LogP contribution in [0.2, 0.25) is 5.02 Å². The smallest absolute Gasteiger partial charge is 0.359 e. The second-order valence-electron chi connectivity index (χ2n) is 5.22. The lowest BCUT2D eigenvalue weighted by atomic mass is 10.3. The van der Waals surface area contributed by atoms with Gasteiger partial charge in [-0.3, -0.25) is 4.79 Å². The number of esters is 1. The summed E-state index contributed by atoms with van der Waals surface area (Å²) in [4.78, 5) is 23.0. The average molecular weight is 336 g/mol. The predicted octanol–water partition coefficient (Wildman–Crippen LogP) is 2.52. The minimum atomic E-state index is -0.535. The van der Waals surface area contributed by atoms with Crippen molar-refractivity contribution in [3.63, 3.8) is 0 Å². The number of carbonyl (C=O) groups excluding carboxylic acids is 2. The van der Waals surface area contributed by atoms with Crippen LogP contribution in [0.4, 0.5) is 0 Å². The molecule has 0 fully saturated rings. The van der Waals surface area contributed by atoms with Gasteiger partial charge in [0, 0.05) is 17.6 Å². The Hall–Kier alpha value is -2.34. The maximum Gasteiger partial charge on any atom is 0.359 e. The second-order valence-corrected chi connectivity index (χ2v) is 5.65. The van der Waals surface area contributed by atoms with E-state index in [0.717, 1.165) is 11.4 Å². The summed E-state index contributed by atoms with van der Waals surface area (Å²) < 4.78 is 6.89. The third kappa shape index (κ3) is 4.56. The molecule has 1 heterocycles. The minimum absolute atomic E-state index is 0.172. The summed E-state index contributed by atoms with van der Waals surface area (Å²) in [6.45, 7) is 5.21. The number of rotatable bonds is 5. The molecule has 1 unspecified atom stereocenters. The molecule has 0 bridgehead atoms. The Morgan fingerprint density at radius 3 is 2.78 bits per heavy atom. The molecular weight excluding hydrogens is 318 g/mol. The Morgan fingerprint density at radius 1 is 1.39 bits per heavy atom. The Kier molecular flexibility index (Phi) is 5.39. The topological polar surface area (TPSA) is 73.2 Å². The summed E-state index contributed by atoms with van der Waals surface area (Å²) in [6.07, 6.45) is -0.442. The van der Waals surface area contributed by atoms with Gasteiger partial charge in [-0.25, -0.2) is 9.48 Å². The molecule has 1 aromatic carbocycles. The predicted molar refractivity (Wildman–Crippen MR) is 86.9 cm³/mol. The monoisotopic (exact) mass is 335 g/mol. The van der Waals surface area contributed by atoms with E-state index >= 15 is 0 Å². The van der Waals surface area contributed by atoms with Gasteiger partial charge in [0.05, 0.1) is 12.2 Å². The largest absolute Gasteiger partial charge is 0.456 e. The standard InChI is InChI=1S/C16H18ClN3O3/c1-10-7-15(16(22)23-11(2)9-18-12(3)21)19-20(10)14-6-4-5-13(17)8-14/h4-8,11H,9H2,1-3H3,(H,18,21). The van der Waals surface area contributed by atoms with Crippen molar-refractivity contribution in [1.29, 1.82) is 0 Å². The summed E-state index contributed by atoms with van der Waals surface area (Å²) in [5.41, 5.74) is 1.76. The molecule has 0 radical (unpaired) electrons. The fraction of sp³-hybridized carbons (Fsp3) is 0.312. The second kappa shape index (κ2) is 7.28. The van der Waals surface area contributed by atoms with Crippen LogP contribution in [-0.2, 0) is 9.53 Å². The number of aromatic nitrogens is 2. The van der Waals surface area contributed by atoms with Crippen LogP contribution in [-0.4, -0.2) is 34.3 Å². The van der Waals surface area contributed by atoms with E-state index in [9.17, 15) is 9.59 Å². The van der Waals surface area contributed by atoms with E-state index in [2.05, 4.69) is 10.4 Å². The highest BCUT2D eigenvalue weighted by atomic mass is 35.5. The molecule has 1 aromatic heterocycles. The number of benzene rings is 1. The number of nitrogens with one attached hydrogen (secondary N) is 1. The molecule has 1 atom stereocenters. The Labute approximate surface area is 139 Å². The zero-order valence-corrected chi connectivity index (χ0v) is 13.9. The van der Waals surface area contributed by atoms with Crippen molar-refractivity contribution in [2.24, 2.45) is 0 Å². The molecule has 2 aromatic rings. The molecule has 2 rings (SSSR count). The molecule has 0 spiro atoms. The number of hydrogen-bond acceptors (Lipinski definition) is 4. The maximum absolute atomic E-state index is 12.1. The molecule has 1 N–H and O–H groups in total. The van der Waals surface area contributed by atoms with Gasteiger partial charge >= 0.3 is 5.97 Å². The lowest BCUT2D eigenvalue weighted by molar-refractivity contribution is -0.119. The fourth-order valence-electron chi connectivity index (χ4n) is 2.02. The highest BCUT2D eigenvalue weighted by Crippen LogP contribution is 2.17. The van der Waals surface area contributed by atoms with Crippen LogP contribution in [0.25, 0.3) is 5.69 Å². The van der Waals surface area contributed by atoms with Gasteiger partial charge in [0.15, 0.2) is 5.69 Å². The average Bonchev–Trinajstić information content (AvgIpc) is 2.87. The van der Waals surface area contributed by atoms with E-state index in [4.69, 9.17) is 16.3 Å². The van der Waals surface area contributed by atoms with Crippen LogP contribution >= 0.6 is 11.6 Å². The minimum Gasteiger partial charge on any atom is -0.456 e. The lowest BCUT2D eigenvalue weighted by Gasteiger charge is -2.12. The van der Waals surface area contributed by atoms with Crippen molar-refractivity contribution in [2.45, 2.75) is 26.9 Å². The maximum atomic E-state index is 12.1. The number of hydrogen-bond donors (Lipinski definition) is 1. The SMILES string of the molecule is CC(=O)NCC(C)OC(=O)c1cc(C)n(-c2cccc(Cl)c2)n1. The van der Waals surface area contributed by atoms with Gasteiger partial charge in [-0.05, 0) is 38.1 Å². The first-order valence-corrected chi connectivity index (χ1v) is 7.52. The van der Waals surface area contributed by atoms with Crippen molar-refractivity contribution >= 4 is 23.5 Å². The highest BCUT2D eigenvalue weighted by Gasteiger charge is 2.17. The van der Waals surface area contributed by atoms with Crippen LogP contribution in [0, 0.1) is 6.92 Å². The van der Waals surface area contributed by atoms with E-state index in [1.54, 1.807) is 29.8 Å². The van der Waals surface area contributed by atoms with Crippen molar-refractivity contribution in [3.8, 4) is 5.69 Å². The Morgan fingerprint density at radius 2 is 2.13 bits per heavy atom. The first kappa shape index (κ1) is 17.0. The van der Waals surface area contributed by atoms with Crippen LogP contribution < -0.4 is 5.32 Å². The summed E-state index contributed by atoms with van der Waals surface area (Å²) in [5.74, 6) is -0.708. The molecule has 23 heavy (non-hydrogen) atoms. The molecule has 0 aliphatic heterocycles. The third-order valence-corrected chi connectivity index (χ3v) is 3.33. The van der Waals surface area contributed by atoms with Crippen LogP contribution in [0.1, 0.15) is 30.0 Å². The number of nitrogens with zero attached hydrogens (tertiary/aromatic N) is 2. The first-order chi connectivity index (χ1) is 10.9. The molecular formula is C16H18ClN3O3. The van der Waals surface area contributed by atoms with E-state index < -0.39 is 12.1 Å². The third-order valence-electron chi connectivity index (χ3n) is 3.10. The Bertz CT molecular complexity index is 727. The van der Waals surface area contributed by atoms with Crippen molar-refractivity contribution in [1.82, 2.24) is 15.1 Å². The van der Waals surface area contributed by atoms with Crippen molar-refractivity contribution in [3.05, 3.63) is 46.7 Å². The van der Waals surface area contributed by atoms with Gasteiger partial charge < -0.3 is 10.1 Å². The molecule has 122 valence electrons. The van der Waals surface area contributed by atoms with E-state index in [1.165, 1.54) is 6.92 Å². The van der Waals surface area contributed by atoms with E-state index in [1.807, 2.05) is 19.1 Å². The van der Waals surface area contributed by atoms with Gasteiger partial charge in [-0.2, -0.15) is 5.10 Å². The molecule has 0 aliphatic rings.